The van der Waals surface area contributed by atoms with Gasteiger partial charge in [0.05, 0.1) is 6.54 Å². The molecule has 5 nitrogen and oxygen atoms in total. The van der Waals surface area contributed by atoms with Gasteiger partial charge in [-0.25, -0.2) is 0 Å². The molecule has 2 amide bonds. The number of piperidine rings is 1. The lowest BCUT2D eigenvalue weighted by Crippen LogP contribution is -2.49. The van der Waals surface area contributed by atoms with E-state index >= 15 is 0 Å². The third kappa shape index (κ3) is 2.52. The molecule has 16 heavy (non-hydrogen) atoms. The standard InChI is InChI=1S/C11H19N3O2/c12-9-3-1-5-13(7-9)11(16)8-14-6-2-4-10(14)15/h9H,1-8,12H2/t9-/m1/s1. The number of nitrogens with zero attached hydrogens (tertiary/aromatic N) is 2. The first-order chi connectivity index (χ1) is 7.66. The molecule has 2 saturated heterocycles. The van der Waals surface area contributed by atoms with Crippen LogP contribution >= 0.6 is 0 Å². The predicted molar refractivity (Wildman–Crippen MR) is 59.6 cm³/mol. The highest BCUT2D eigenvalue weighted by Crippen LogP contribution is 2.12. The summed E-state index contributed by atoms with van der Waals surface area (Å²) in [5.41, 5.74) is 5.82. The van der Waals surface area contributed by atoms with Crippen LogP contribution in [0.1, 0.15) is 25.7 Å². The van der Waals surface area contributed by atoms with Crippen molar-refractivity contribution < 1.29 is 9.59 Å². The van der Waals surface area contributed by atoms with Gasteiger partial charge >= 0.3 is 0 Å². The molecule has 0 aliphatic carbocycles. The van der Waals surface area contributed by atoms with Crippen LogP contribution in [0.15, 0.2) is 0 Å². The molecule has 0 saturated carbocycles. The molecular weight excluding hydrogens is 206 g/mol. The molecule has 5 heteroatoms. The van der Waals surface area contributed by atoms with E-state index in [-0.39, 0.29) is 24.4 Å². The Morgan fingerprint density at radius 3 is 2.81 bits per heavy atom. The normalized spacial score (nSPS) is 26.3. The molecule has 0 spiro atoms. The Kier molecular flexibility index (Phi) is 3.43. The number of rotatable bonds is 2. The summed E-state index contributed by atoms with van der Waals surface area (Å²) in [5, 5.41) is 0. The number of hydrogen-bond acceptors (Lipinski definition) is 3. The topological polar surface area (TPSA) is 66.6 Å². The van der Waals surface area contributed by atoms with Crippen molar-refractivity contribution in [1.29, 1.82) is 0 Å². The van der Waals surface area contributed by atoms with E-state index in [0.717, 1.165) is 32.4 Å². The first kappa shape index (κ1) is 11.4. The highest BCUT2D eigenvalue weighted by molar-refractivity contribution is 5.85. The zero-order chi connectivity index (χ0) is 11.5. The zero-order valence-electron chi connectivity index (χ0n) is 9.52. The molecule has 2 heterocycles. The van der Waals surface area contributed by atoms with Gasteiger partial charge in [0.2, 0.25) is 11.8 Å². The zero-order valence-corrected chi connectivity index (χ0v) is 9.52. The van der Waals surface area contributed by atoms with Gasteiger partial charge < -0.3 is 15.5 Å². The summed E-state index contributed by atoms with van der Waals surface area (Å²) in [7, 11) is 0. The second-order valence-electron chi connectivity index (χ2n) is 4.66. The molecule has 2 aliphatic rings. The van der Waals surface area contributed by atoms with Crippen molar-refractivity contribution in [3.05, 3.63) is 0 Å². The van der Waals surface area contributed by atoms with Crippen molar-refractivity contribution in [3.63, 3.8) is 0 Å². The number of likely N-dealkylation sites (tertiary alicyclic amines) is 2. The molecule has 2 rings (SSSR count). The summed E-state index contributed by atoms with van der Waals surface area (Å²) in [4.78, 5) is 26.8. The van der Waals surface area contributed by atoms with Crippen LogP contribution in [0, 0.1) is 0 Å². The molecular formula is C11H19N3O2. The van der Waals surface area contributed by atoms with E-state index in [4.69, 9.17) is 5.73 Å². The van der Waals surface area contributed by atoms with E-state index < -0.39 is 0 Å². The molecule has 0 aromatic heterocycles. The van der Waals surface area contributed by atoms with Crippen LogP contribution < -0.4 is 5.73 Å². The van der Waals surface area contributed by atoms with Gasteiger partial charge in [0.1, 0.15) is 0 Å². The maximum Gasteiger partial charge on any atom is 0.242 e. The molecule has 2 aliphatic heterocycles. The molecule has 90 valence electrons. The van der Waals surface area contributed by atoms with Crippen molar-refractivity contribution >= 4 is 11.8 Å². The summed E-state index contributed by atoms with van der Waals surface area (Å²) >= 11 is 0. The molecule has 0 bridgehead atoms. The fourth-order valence-corrected chi connectivity index (χ4v) is 2.37. The van der Waals surface area contributed by atoms with Crippen molar-refractivity contribution in [2.75, 3.05) is 26.2 Å². The summed E-state index contributed by atoms with van der Waals surface area (Å²) in [6, 6.07) is 0.104. The fourth-order valence-electron chi connectivity index (χ4n) is 2.37. The van der Waals surface area contributed by atoms with Crippen LogP contribution in [0.25, 0.3) is 0 Å². The largest absolute Gasteiger partial charge is 0.340 e. The van der Waals surface area contributed by atoms with Gasteiger partial charge in [-0.2, -0.15) is 0 Å². The Bertz CT molecular complexity index is 293. The summed E-state index contributed by atoms with van der Waals surface area (Å²) in [5.74, 6) is 0.153. The lowest BCUT2D eigenvalue weighted by atomic mass is 10.1. The van der Waals surface area contributed by atoms with E-state index in [2.05, 4.69) is 0 Å². The summed E-state index contributed by atoms with van der Waals surface area (Å²) < 4.78 is 0. The Morgan fingerprint density at radius 2 is 2.19 bits per heavy atom. The van der Waals surface area contributed by atoms with Crippen molar-refractivity contribution in [2.45, 2.75) is 31.7 Å². The smallest absolute Gasteiger partial charge is 0.242 e. The van der Waals surface area contributed by atoms with Gasteiger partial charge in [0.15, 0.2) is 0 Å². The summed E-state index contributed by atoms with van der Waals surface area (Å²) in [6.07, 6.45) is 3.44. The first-order valence-electron chi connectivity index (χ1n) is 5.98. The number of hydrogen-bond donors (Lipinski definition) is 1. The monoisotopic (exact) mass is 225 g/mol. The van der Waals surface area contributed by atoms with Crippen molar-refractivity contribution in [2.24, 2.45) is 5.73 Å². The maximum atomic E-state index is 11.9. The third-order valence-corrected chi connectivity index (χ3v) is 3.31. The molecule has 2 N–H and O–H groups in total. The number of amides is 2. The third-order valence-electron chi connectivity index (χ3n) is 3.31. The van der Waals surface area contributed by atoms with Crippen LogP contribution in [0.3, 0.4) is 0 Å². The van der Waals surface area contributed by atoms with Gasteiger partial charge in [-0.3, -0.25) is 9.59 Å². The van der Waals surface area contributed by atoms with Crippen LogP contribution in [0.5, 0.6) is 0 Å². The van der Waals surface area contributed by atoms with Crippen LogP contribution in [-0.4, -0.2) is 53.8 Å². The van der Waals surface area contributed by atoms with Crippen LogP contribution in [0.2, 0.25) is 0 Å². The average Bonchev–Trinajstić information content (AvgIpc) is 2.64. The van der Waals surface area contributed by atoms with Gasteiger partial charge in [-0.1, -0.05) is 0 Å². The second kappa shape index (κ2) is 4.82. The van der Waals surface area contributed by atoms with Gasteiger partial charge in [-0.15, -0.1) is 0 Å². The Balaban J connectivity index is 1.85. The minimum absolute atomic E-state index is 0.0467. The quantitative estimate of drug-likeness (QED) is 0.692. The average molecular weight is 225 g/mol. The molecule has 0 unspecified atom stereocenters. The second-order valence-corrected chi connectivity index (χ2v) is 4.66. The lowest BCUT2D eigenvalue weighted by Gasteiger charge is -2.32. The molecule has 2 fully saturated rings. The maximum absolute atomic E-state index is 11.9. The Morgan fingerprint density at radius 1 is 1.38 bits per heavy atom. The molecule has 0 radical (unpaired) electrons. The highest BCUT2D eigenvalue weighted by Gasteiger charge is 2.26. The van der Waals surface area contributed by atoms with Crippen LogP contribution in [0.4, 0.5) is 0 Å². The Labute approximate surface area is 95.6 Å². The van der Waals surface area contributed by atoms with Crippen molar-refractivity contribution in [1.82, 2.24) is 9.80 Å². The Hall–Kier alpha value is -1.10. The molecule has 1 atom stereocenters. The van der Waals surface area contributed by atoms with Crippen LogP contribution in [-0.2, 0) is 9.59 Å². The van der Waals surface area contributed by atoms with Crippen molar-refractivity contribution in [3.8, 4) is 0 Å². The van der Waals surface area contributed by atoms with E-state index in [1.807, 2.05) is 0 Å². The molecule has 0 aromatic carbocycles. The van der Waals surface area contributed by atoms with Gasteiger partial charge in [-0.05, 0) is 19.3 Å². The lowest BCUT2D eigenvalue weighted by molar-refractivity contribution is -0.139. The fraction of sp³-hybridized carbons (Fsp3) is 0.818. The predicted octanol–water partition coefficient (Wildman–Crippen LogP) is -0.441. The first-order valence-corrected chi connectivity index (χ1v) is 5.98. The highest BCUT2D eigenvalue weighted by atomic mass is 16.2. The van der Waals surface area contributed by atoms with E-state index in [0.29, 0.717) is 13.0 Å². The minimum Gasteiger partial charge on any atom is -0.340 e. The van der Waals surface area contributed by atoms with E-state index in [1.165, 1.54) is 0 Å². The van der Waals surface area contributed by atoms with E-state index in [1.54, 1.807) is 9.80 Å². The number of carbonyl (C=O) groups is 2. The summed E-state index contributed by atoms with van der Waals surface area (Å²) in [6.45, 7) is 2.39. The van der Waals surface area contributed by atoms with Gasteiger partial charge in [0.25, 0.3) is 0 Å². The molecule has 0 aromatic rings. The van der Waals surface area contributed by atoms with Gasteiger partial charge in [0, 0.05) is 32.1 Å². The van der Waals surface area contributed by atoms with E-state index in [9.17, 15) is 9.59 Å². The SMILES string of the molecule is N[C@@H]1CCCN(C(=O)CN2CCCC2=O)C1. The number of carbonyl (C=O) groups excluding carboxylic acids is 2. The number of nitrogens with two attached hydrogens (primary N) is 1. The minimum atomic E-state index is 0.0467.